The molecule has 14 heteroatoms. The molecule has 1 aliphatic heterocycles. The van der Waals surface area contributed by atoms with Gasteiger partial charge in [0.1, 0.15) is 24.4 Å². The molecule has 13 nitrogen and oxygen atoms in total. The van der Waals surface area contributed by atoms with E-state index in [2.05, 4.69) is 4.18 Å². The normalized spacial score (nSPS) is 28.7. The van der Waals surface area contributed by atoms with E-state index in [1.807, 2.05) is 0 Å². The largest absolute Gasteiger partial charge is 0.504 e. The number of carbonyl (C=O) groups is 1. The molecule has 152 valence electrons. The highest BCUT2D eigenvalue weighted by atomic mass is 32.3. The molecule has 2 rings (SSSR count). The number of benzene rings is 1. The number of rotatable bonds is 6. The minimum absolute atomic E-state index is 0.475. The maximum atomic E-state index is 10.9. The standard InChI is InChI=1S/C13H16O13S/c14-5-1-4(12(19)20)2-6(15)11(5)26-13-10(18)9(17)8(16)7(25-13)3-24-27(21,22)23/h1-2,7-10,13-18H,3H2,(H,19,20)(H,21,22,23)/t7-,8-,9+,10-,13+/m1/s1. The van der Waals surface area contributed by atoms with Crippen molar-refractivity contribution in [2.24, 2.45) is 0 Å². The topological polar surface area (TPSA) is 221 Å². The van der Waals surface area contributed by atoms with Crippen LogP contribution >= 0.6 is 0 Å². The highest BCUT2D eigenvalue weighted by Gasteiger charge is 2.46. The number of aromatic hydroxyl groups is 2. The number of hydrogen-bond acceptors (Lipinski definition) is 11. The zero-order valence-corrected chi connectivity index (χ0v) is 14.1. The predicted octanol–water partition coefficient (Wildman–Crippen LogP) is -2.20. The first-order chi connectivity index (χ1) is 12.4. The molecule has 0 bridgehead atoms. The van der Waals surface area contributed by atoms with Crippen molar-refractivity contribution in [1.29, 1.82) is 0 Å². The number of aliphatic hydroxyl groups is 3. The lowest BCUT2D eigenvalue weighted by Crippen LogP contribution is -2.60. The zero-order valence-electron chi connectivity index (χ0n) is 13.2. The summed E-state index contributed by atoms with van der Waals surface area (Å²) in [6.07, 6.45) is -9.11. The zero-order chi connectivity index (χ0) is 20.5. The first-order valence-corrected chi connectivity index (χ1v) is 8.54. The second kappa shape index (κ2) is 7.81. The van der Waals surface area contributed by atoms with Crippen LogP contribution in [0.1, 0.15) is 10.4 Å². The molecule has 1 fully saturated rings. The second-order valence-corrected chi connectivity index (χ2v) is 6.58. The molecule has 0 aromatic heterocycles. The molecule has 5 atom stereocenters. The Balaban J connectivity index is 2.23. The molecule has 0 spiro atoms. The van der Waals surface area contributed by atoms with E-state index < -0.39 is 76.5 Å². The summed E-state index contributed by atoms with van der Waals surface area (Å²) >= 11 is 0. The third kappa shape index (κ3) is 4.95. The lowest BCUT2D eigenvalue weighted by Gasteiger charge is -2.39. The second-order valence-electron chi connectivity index (χ2n) is 5.49. The third-order valence-corrected chi connectivity index (χ3v) is 4.01. The molecule has 27 heavy (non-hydrogen) atoms. The van der Waals surface area contributed by atoms with Crippen molar-refractivity contribution < 1.29 is 62.1 Å². The summed E-state index contributed by atoms with van der Waals surface area (Å²) in [5.41, 5.74) is -0.475. The maximum absolute atomic E-state index is 10.9. The Hall–Kier alpha value is -2.20. The van der Waals surface area contributed by atoms with Crippen LogP contribution in [0.2, 0.25) is 0 Å². The number of aromatic carboxylic acids is 1. The molecule has 0 unspecified atom stereocenters. The average molecular weight is 412 g/mol. The van der Waals surface area contributed by atoms with Crippen LogP contribution in [-0.2, 0) is 19.3 Å². The highest BCUT2D eigenvalue weighted by Crippen LogP contribution is 2.39. The van der Waals surface area contributed by atoms with Crippen molar-refractivity contribution in [1.82, 2.24) is 0 Å². The van der Waals surface area contributed by atoms with Crippen LogP contribution in [0.5, 0.6) is 17.2 Å². The van der Waals surface area contributed by atoms with Gasteiger partial charge in [0, 0.05) is 0 Å². The first-order valence-electron chi connectivity index (χ1n) is 7.18. The molecule has 1 aromatic rings. The molecule has 1 saturated heterocycles. The Kier molecular flexibility index (Phi) is 6.10. The minimum atomic E-state index is -4.89. The summed E-state index contributed by atoms with van der Waals surface area (Å²) in [5.74, 6) is -3.84. The lowest BCUT2D eigenvalue weighted by atomic mass is 9.99. The van der Waals surface area contributed by atoms with E-state index in [0.717, 1.165) is 12.1 Å². The Bertz CT molecular complexity index is 783. The number of phenols is 2. The van der Waals surface area contributed by atoms with E-state index in [0.29, 0.717) is 0 Å². The van der Waals surface area contributed by atoms with Crippen molar-refractivity contribution >= 4 is 16.4 Å². The van der Waals surface area contributed by atoms with Gasteiger partial charge in [-0.05, 0) is 12.1 Å². The van der Waals surface area contributed by atoms with Gasteiger partial charge in [-0.25, -0.2) is 8.98 Å². The van der Waals surface area contributed by atoms with Gasteiger partial charge in [0.15, 0.2) is 11.5 Å². The van der Waals surface area contributed by atoms with Crippen LogP contribution in [0, 0.1) is 0 Å². The summed E-state index contributed by atoms with van der Waals surface area (Å²) in [5, 5.41) is 58.0. The minimum Gasteiger partial charge on any atom is -0.504 e. The Morgan fingerprint density at radius 3 is 2.11 bits per heavy atom. The quantitative estimate of drug-likeness (QED) is 0.247. The molecule has 1 aliphatic rings. The summed E-state index contributed by atoms with van der Waals surface area (Å²) in [6.45, 7) is -0.959. The van der Waals surface area contributed by atoms with Gasteiger partial charge in [0.25, 0.3) is 0 Å². The average Bonchev–Trinajstić information content (AvgIpc) is 2.55. The molecule has 0 aliphatic carbocycles. The highest BCUT2D eigenvalue weighted by molar-refractivity contribution is 7.80. The molecule has 1 heterocycles. The number of ether oxygens (including phenoxy) is 2. The molecule has 0 radical (unpaired) electrons. The number of phenolic OH excluding ortho intramolecular Hbond substituents is 2. The van der Waals surface area contributed by atoms with Crippen molar-refractivity contribution in [3.05, 3.63) is 17.7 Å². The van der Waals surface area contributed by atoms with Gasteiger partial charge in [-0.1, -0.05) is 0 Å². The Labute approximate surface area is 151 Å². The van der Waals surface area contributed by atoms with E-state index in [1.54, 1.807) is 0 Å². The molecular weight excluding hydrogens is 396 g/mol. The van der Waals surface area contributed by atoms with Gasteiger partial charge in [-0.15, -0.1) is 0 Å². The van der Waals surface area contributed by atoms with E-state index in [9.17, 15) is 38.7 Å². The van der Waals surface area contributed by atoms with Crippen molar-refractivity contribution in [3.8, 4) is 17.2 Å². The summed E-state index contributed by atoms with van der Waals surface area (Å²) in [7, 11) is -4.89. The maximum Gasteiger partial charge on any atom is 0.397 e. The van der Waals surface area contributed by atoms with Crippen LogP contribution < -0.4 is 4.74 Å². The van der Waals surface area contributed by atoms with E-state index in [4.69, 9.17) is 19.1 Å². The molecule has 0 saturated carbocycles. The van der Waals surface area contributed by atoms with Crippen LogP contribution in [0.15, 0.2) is 12.1 Å². The van der Waals surface area contributed by atoms with Crippen molar-refractivity contribution in [2.75, 3.05) is 6.61 Å². The van der Waals surface area contributed by atoms with Crippen LogP contribution in [-0.4, -0.2) is 86.9 Å². The van der Waals surface area contributed by atoms with E-state index >= 15 is 0 Å². The van der Waals surface area contributed by atoms with Gasteiger partial charge in [0.05, 0.1) is 12.2 Å². The number of aliphatic hydroxyl groups excluding tert-OH is 3. The molecular formula is C13H16O13S. The number of carboxylic acids is 1. The van der Waals surface area contributed by atoms with Crippen LogP contribution in [0.4, 0.5) is 0 Å². The fourth-order valence-electron chi connectivity index (χ4n) is 2.26. The van der Waals surface area contributed by atoms with Gasteiger partial charge in [-0.2, -0.15) is 8.42 Å². The van der Waals surface area contributed by atoms with Gasteiger partial charge >= 0.3 is 16.4 Å². The monoisotopic (exact) mass is 412 g/mol. The van der Waals surface area contributed by atoms with Gasteiger partial charge in [0.2, 0.25) is 12.0 Å². The number of carboxylic acid groups (broad SMARTS) is 1. The van der Waals surface area contributed by atoms with Crippen molar-refractivity contribution in [2.45, 2.75) is 30.7 Å². The van der Waals surface area contributed by atoms with Crippen molar-refractivity contribution in [3.63, 3.8) is 0 Å². The third-order valence-electron chi connectivity index (χ3n) is 3.58. The fourth-order valence-corrected chi connectivity index (χ4v) is 2.57. The van der Waals surface area contributed by atoms with Crippen LogP contribution in [0.25, 0.3) is 0 Å². The van der Waals surface area contributed by atoms with Crippen LogP contribution in [0.3, 0.4) is 0 Å². The predicted molar refractivity (Wildman–Crippen MR) is 81.5 cm³/mol. The SMILES string of the molecule is O=C(O)c1cc(O)c(O[C@@H]2O[C@H](COS(=O)(=O)O)[C@@H](O)[C@H](O)[C@H]2O)c(O)c1. The van der Waals surface area contributed by atoms with E-state index in [-0.39, 0.29) is 0 Å². The van der Waals surface area contributed by atoms with E-state index in [1.165, 1.54) is 0 Å². The molecule has 1 aromatic carbocycles. The molecule has 0 amide bonds. The first kappa shape index (κ1) is 21.1. The fraction of sp³-hybridized carbons (Fsp3) is 0.462. The summed E-state index contributed by atoms with van der Waals surface area (Å²) in [6, 6.07) is 1.47. The van der Waals surface area contributed by atoms with Gasteiger partial charge < -0.3 is 40.1 Å². The lowest BCUT2D eigenvalue weighted by molar-refractivity contribution is -0.276. The van der Waals surface area contributed by atoms with Gasteiger partial charge in [-0.3, -0.25) is 4.55 Å². The number of hydrogen-bond donors (Lipinski definition) is 7. The Morgan fingerprint density at radius 1 is 1.07 bits per heavy atom. The smallest absolute Gasteiger partial charge is 0.397 e. The summed E-state index contributed by atoms with van der Waals surface area (Å²) in [4.78, 5) is 10.9. The summed E-state index contributed by atoms with van der Waals surface area (Å²) < 4.78 is 43.9. The molecule has 7 N–H and O–H groups in total. The Morgan fingerprint density at radius 2 is 1.63 bits per heavy atom.